The lowest BCUT2D eigenvalue weighted by Gasteiger charge is -2.01. The van der Waals surface area contributed by atoms with Gasteiger partial charge in [-0.3, -0.25) is 0 Å². The Morgan fingerprint density at radius 1 is 1.15 bits per heavy atom. The Morgan fingerprint density at radius 3 is 2.10 bits per heavy atom. The minimum atomic E-state index is -1.12. The molecule has 4 N–H and O–H groups in total. The Hall–Kier alpha value is -1.92. The van der Waals surface area contributed by atoms with Crippen molar-refractivity contribution in [1.29, 1.82) is 0 Å². The van der Waals surface area contributed by atoms with Crippen LogP contribution in [0.5, 0.6) is 0 Å². The summed E-state index contributed by atoms with van der Waals surface area (Å²) in [5.41, 5.74) is 0.570. The monoisotopic (exact) mass is 284 g/mol. The molecule has 0 atom stereocenters. The molecule has 1 aromatic carbocycles. The number of benzene rings is 1. The third kappa shape index (κ3) is 6.86. The second-order valence-corrected chi connectivity index (χ2v) is 4.26. The van der Waals surface area contributed by atoms with Crippen molar-refractivity contribution in [1.82, 2.24) is 0 Å². The summed E-state index contributed by atoms with van der Waals surface area (Å²) in [5, 5.41) is 33.7. The van der Waals surface area contributed by atoms with Crippen molar-refractivity contribution in [3.8, 4) is 0 Å². The van der Waals surface area contributed by atoms with Crippen LogP contribution in [0, 0.1) is 6.92 Å². The lowest BCUT2D eigenvalue weighted by molar-refractivity contribution is -0.0463. The van der Waals surface area contributed by atoms with Crippen molar-refractivity contribution in [3.05, 3.63) is 34.9 Å². The molecule has 0 saturated carbocycles. The van der Waals surface area contributed by atoms with Gasteiger partial charge in [0.2, 0.25) is 0 Å². The van der Waals surface area contributed by atoms with Crippen molar-refractivity contribution in [2.75, 3.05) is 0 Å². The number of aliphatic hydroxyl groups excluding tert-OH is 1. The average Bonchev–Trinajstić information content (AvgIpc) is 2.36. The summed E-state index contributed by atoms with van der Waals surface area (Å²) in [4.78, 5) is 21.1. The number of carboxylic acid groups (broad SMARTS) is 2. The van der Waals surface area contributed by atoms with E-state index < -0.39 is 18.2 Å². The van der Waals surface area contributed by atoms with E-state index in [1.165, 1.54) is 12.1 Å². The van der Waals surface area contributed by atoms with E-state index in [0.29, 0.717) is 12.0 Å². The molecule has 0 fully saturated rings. The van der Waals surface area contributed by atoms with Crippen molar-refractivity contribution in [2.24, 2.45) is 0 Å². The zero-order valence-electron chi connectivity index (χ0n) is 11.5. The number of hydrogen-bond acceptors (Lipinski definition) is 4. The van der Waals surface area contributed by atoms with Crippen LogP contribution in [0.4, 0.5) is 0 Å². The van der Waals surface area contributed by atoms with Gasteiger partial charge in [0.15, 0.2) is 6.29 Å². The summed E-state index contributed by atoms with van der Waals surface area (Å²) >= 11 is 0. The van der Waals surface area contributed by atoms with Gasteiger partial charge in [-0.2, -0.15) is 0 Å². The van der Waals surface area contributed by atoms with Gasteiger partial charge in [0, 0.05) is 0 Å². The molecule has 0 amide bonds. The molecule has 1 aromatic rings. The van der Waals surface area contributed by atoms with Gasteiger partial charge in [-0.05, 0) is 37.5 Å². The molecular weight excluding hydrogens is 264 g/mol. The molecule has 0 heterocycles. The van der Waals surface area contributed by atoms with Crippen molar-refractivity contribution < 1.29 is 30.0 Å². The average molecular weight is 284 g/mol. The smallest absolute Gasteiger partial charge is 0.335 e. The van der Waals surface area contributed by atoms with Crippen LogP contribution in [0.25, 0.3) is 0 Å². The van der Waals surface area contributed by atoms with E-state index in [2.05, 4.69) is 0 Å². The lowest BCUT2D eigenvalue weighted by Crippen LogP contribution is -2.03. The molecular formula is C14H20O6. The van der Waals surface area contributed by atoms with Crippen molar-refractivity contribution in [3.63, 3.8) is 0 Å². The Kier molecular flexibility index (Phi) is 8.19. The Labute approximate surface area is 117 Å². The molecule has 6 heteroatoms. The predicted molar refractivity (Wildman–Crippen MR) is 72.8 cm³/mol. The number of unbranched alkanes of at least 4 members (excludes halogenated alkanes) is 1. The molecule has 0 radical (unpaired) electrons. The normalized spacial score (nSPS) is 9.85. The molecule has 0 spiro atoms. The molecule has 112 valence electrons. The van der Waals surface area contributed by atoms with Gasteiger partial charge in [-0.15, -0.1) is 0 Å². The van der Waals surface area contributed by atoms with Crippen LogP contribution in [0.3, 0.4) is 0 Å². The molecule has 20 heavy (non-hydrogen) atoms. The van der Waals surface area contributed by atoms with Crippen molar-refractivity contribution in [2.45, 2.75) is 39.4 Å². The van der Waals surface area contributed by atoms with E-state index in [9.17, 15) is 9.59 Å². The molecule has 0 aliphatic heterocycles. The SMILES string of the molecule is CCCCC(O)O.Cc1ccc(C(=O)O)cc1C(=O)O. The quantitative estimate of drug-likeness (QED) is 0.614. The van der Waals surface area contributed by atoms with Crippen LogP contribution in [0.1, 0.15) is 52.5 Å². The highest BCUT2D eigenvalue weighted by molar-refractivity contribution is 5.94. The number of carboxylic acids is 2. The van der Waals surface area contributed by atoms with E-state index in [1.54, 1.807) is 6.92 Å². The Bertz CT molecular complexity index is 453. The first-order valence-corrected chi connectivity index (χ1v) is 6.23. The standard InChI is InChI=1S/C9H8O4.C5H12O2/c1-5-2-3-6(8(10)11)4-7(5)9(12)13;1-2-3-4-5(6)7/h2-4H,1H3,(H,10,11)(H,12,13);5-7H,2-4H2,1H3. The van der Waals surface area contributed by atoms with E-state index in [1.807, 2.05) is 6.92 Å². The van der Waals surface area contributed by atoms with Crippen LogP contribution in [-0.4, -0.2) is 38.7 Å². The molecule has 6 nitrogen and oxygen atoms in total. The van der Waals surface area contributed by atoms with E-state index >= 15 is 0 Å². The fraction of sp³-hybridized carbons (Fsp3) is 0.429. The first-order chi connectivity index (χ1) is 9.29. The minimum absolute atomic E-state index is 0.0111. The number of aromatic carboxylic acids is 2. The minimum Gasteiger partial charge on any atom is -0.478 e. The van der Waals surface area contributed by atoms with E-state index in [0.717, 1.165) is 18.9 Å². The summed E-state index contributed by atoms with van der Waals surface area (Å²) in [7, 11) is 0. The van der Waals surface area contributed by atoms with Crippen LogP contribution in [0.15, 0.2) is 18.2 Å². The zero-order valence-corrected chi connectivity index (χ0v) is 11.5. The molecule has 0 saturated heterocycles. The summed E-state index contributed by atoms with van der Waals surface area (Å²) in [6.45, 7) is 3.64. The third-order valence-corrected chi connectivity index (χ3v) is 2.53. The fourth-order valence-electron chi connectivity index (χ4n) is 1.37. The number of aliphatic hydroxyl groups is 2. The number of rotatable bonds is 5. The molecule has 0 aliphatic rings. The molecule has 0 bridgehead atoms. The third-order valence-electron chi connectivity index (χ3n) is 2.53. The second kappa shape index (κ2) is 9.06. The van der Waals surface area contributed by atoms with Crippen molar-refractivity contribution >= 4 is 11.9 Å². The van der Waals surface area contributed by atoms with E-state index in [-0.39, 0.29) is 11.1 Å². The van der Waals surface area contributed by atoms with Gasteiger partial charge >= 0.3 is 11.9 Å². The Morgan fingerprint density at radius 2 is 1.75 bits per heavy atom. The maximum Gasteiger partial charge on any atom is 0.335 e. The van der Waals surface area contributed by atoms with Gasteiger partial charge < -0.3 is 20.4 Å². The number of hydrogen-bond donors (Lipinski definition) is 4. The summed E-state index contributed by atoms with van der Waals surface area (Å²) in [6, 6.07) is 4.01. The maximum absolute atomic E-state index is 10.6. The second-order valence-electron chi connectivity index (χ2n) is 4.26. The Balaban J connectivity index is 0.000000441. The molecule has 0 aromatic heterocycles. The zero-order chi connectivity index (χ0) is 15.7. The largest absolute Gasteiger partial charge is 0.478 e. The van der Waals surface area contributed by atoms with Gasteiger partial charge in [0.05, 0.1) is 11.1 Å². The van der Waals surface area contributed by atoms with Gasteiger partial charge in [0.25, 0.3) is 0 Å². The van der Waals surface area contributed by atoms with Gasteiger partial charge in [-0.1, -0.05) is 19.4 Å². The highest BCUT2D eigenvalue weighted by Crippen LogP contribution is 2.11. The lowest BCUT2D eigenvalue weighted by atomic mass is 10.1. The highest BCUT2D eigenvalue weighted by Gasteiger charge is 2.10. The molecule has 0 aliphatic carbocycles. The van der Waals surface area contributed by atoms with Crippen LogP contribution in [0.2, 0.25) is 0 Å². The van der Waals surface area contributed by atoms with Crippen LogP contribution >= 0.6 is 0 Å². The number of carbonyl (C=O) groups is 2. The summed E-state index contributed by atoms with van der Waals surface area (Å²) in [6.07, 6.45) is 1.34. The van der Waals surface area contributed by atoms with Gasteiger partial charge in [0.1, 0.15) is 0 Å². The fourth-order valence-corrected chi connectivity index (χ4v) is 1.37. The van der Waals surface area contributed by atoms with E-state index in [4.69, 9.17) is 20.4 Å². The summed E-state index contributed by atoms with van der Waals surface area (Å²) in [5.74, 6) is -2.23. The molecule has 0 unspecified atom stereocenters. The number of aryl methyl sites for hydroxylation is 1. The van der Waals surface area contributed by atoms with Gasteiger partial charge in [-0.25, -0.2) is 9.59 Å². The first-order valence-electron chi connectivity index (χ1n) is 6.23. The first kappa shape index (κ1) is 18.1. The summed E-state index contributed by atoms with van der Waals surface area (Å²) < 4.78 is 0. The molecule has 1 rings (SSSR count). The van der Waals surface area contributed by atoms with Crippen LogP contribution in [-0.2, 0) is 0 Å². The topological polar surface area (TPSA) is 115 Å². The van der Waals surface area contributed by atoms with Crippen LogP contribution < -0.4 is 0 Å². The maximum atomic E-state index is 10.6. The predicted octanol–water partition coefficient (Wildman–Crippen LogP) is 1.88. The highest BCUT2D eigenvalue weighted by atomic mass is 16.5.